The van der Waals surface area contributed by atoms with Crippen molar-refractivity contribution in [3.05, 3.63) is 120 Å². The van der Waals surface area contributed by atoms with Crippen molar-refractivity contribution in [1.82, 2.24) is 24.2 Å². The standard InChI is InChI=1S/C32H31N7O2S/c1-23(40)35-27-14-12-26(13-15-27)30-36-31(42-38-30)37-32(41)39(20-16-28-22-33-18-19-34-28)21-17-29(24-8-4-2-5-9-24)25-10-6-3-7-11-25/h2-15,18-19,22,29H,16-17,20-21H2,1H3,(H,35,40)(H,36,37,38,41). The van der Waals surface area contributed by atoms with Crippen LogP contribution in [0.4, 0.5) is 15.6 Å². The Kier molecular flexibility index (Phi) is 9.58. The summed E-state index contributed by atoms with van der Waals surface area (Å²) in [5.41, 5.74) is 4.71. The molecule has 2 aromatic heterocycles. The van der Waals surface area contributed by atoms with Gasteiger partial charge in [0.05, 0.1) is 5.69 Å². The van der Waals surface area contributed by atoms with Gasteiger partial charge in [-0.3, -0.25) is 20.1 Å². The van der Waals surface area contributed by atoms with Gasteiger partial charge >= 0.3 is 6.03 Å². The van der Waals surface area contributed by atoms with Crippen molar-refractivity contribution in [1.29, 1.82) is 0 Å². The number of aromatic nitrogens is 4. The van der Waals surface area contributed by atoms with Gasteiger partial charge < -0.3 is 10.2 Å². The van der Waals surface area contributed by atoms with Crippen LogP contribution in [0, 0.1) is 0 Å². The fourth-order valence-electron chi connectivity index (χ4n) is 4.67. The van der Waals surface area contributed by atoms with Crippen LogP contribution in [0.25, 0.3) is 11.4 Å². The lowest BCUT2D eigenvalue weighted by molar-refractivity contribution is -0.114. The van der Waals surface area contributed by atoms with Crippen LogP contribution in [0.5, 0.6) is 0 Å². The lowest BCUT2D eigenvalue weighted by Crippen LogP contribution is -2.38. The van der Waals surface area contributed by atoms with Crippen LogP contribution in [-0.2, 0) is 11.2 Å². The van der Waals surface area contributed by atoms with E-state index in [2.05, 4.69) is 54.2 Å². The predicted molar refractivity (Wildman–Crippen MR) is 165 cm³/mol. The molecule has 0 aliphatic carbocycles. The third kappa shape index (κ3) is 7.82. The number of urea groups is 1. The van der Waals surface area contributed by atoms with Crippen LogP contribution in [-0.4, -0.2) is 49.3 Å². The number of benzene rings is 3. The fourth-order valence-corrected chi connectivity index (χ4v) is 5.25. The number of rotatable bonds is 11. The van der Waals surface area contributed by atoms with Crippen LogP contribution in [0.1, 0.15) is 36.1 Å². The van der Waals surface area contributed by atoms with Crippen molar-refractivity contribution in [3.63, 3.8) is 0 Å². The predicted octanol–water partition coefficient (Wildman–Crippen LogP) is 6.25. The third-order valence-corrected chi connectivity index (χ3v) is 7.37. The molecule has 0 saturated carbocycles. The number of carbonyl (C=O) groups excluding carboxylic acids is 2. The molecule has 0 aliphatic rings. The topological polar surface area (TPSA) is 113 Å². The van der Waals surface area contributed by atoms with Gasteiger partial charge in [0.1, 0.15) is 0 Å². The second-order valence-corrected chi connectivity index (χ2v) is 10.5. The number of hydrogen-bond acceptors (Lipinski definition) is 7. The van der Waals surface area contributed by atoms with Crippen LogP contribution >= 0.6 is 11.5 Å². The molecule has 212 valence electrons. The summed E-state index contributed by atoms with van der Waals surface area (Å²) in [6, 6.07) is 27.7. The number of nitrogens with zero attached hydrogens (tertiary/aromatic N) is 5. The van der Waals surface area contributed by atoms with E-state index in [0.717, 1.165) is 29.2 Å². The van der Waals surface area contributed by atoms with Crippen molar-refractivity contribution in [2.75, 3.05) is 23.7 Å². The molecule has 0 bridgehead atoms. The Balaban J connectivity index is 1.31. The molecule has 0 fully saturated rings. The molecule has 0 atom stereocenters. The lowest BCUT2D eigenvalue weighted by Gasteiger charge is -2.26. The highest BCUT2D eigenvalue weighted by Gasteiger charge is 2.21. The normalized spacial score (nSPS) is 10.8. The molecule has 0 spiro atoms. The first-order valence-electron chi connectivity index (χ1n) is 13.7. The van der Waals surface area contributed by atoms with Crippen LogP contribution in [0.2, 0.25) is 0 Å². The Morgan fingerprint density at radius 1 is 0.857 bits per heavy atom. The first-order valence-corrected chi connectivity index (χ1v) is 14.4. The smallest absolute Gasteiger partial charge is 0.323 e. The molecular formula is C32H31N7O2S. The van der Waals surface area contributed by atoms with Crippen LogP contribution < -0.4 is 10.6 Å². The Morgan fingerprint density at radius 3 is 2.17 bits per heavy atom. The number of amides is 3. The van der Waals surface area contributed by atoms with Gasteiger partial charge in [0, 0.05) is 73.7 Å². The second kappa shape index (κ2) is 14.1. The van der Waals surface area contributed by atoms with Crippen molar-refractivity contribution in [3.8, 4) is 11.4 Å². The Hall–Kier alpha value is -4.96. The molecule has 5 aromatic rings. The van der Waals surface area contributed by atoms with Gasteiger partial charge in [0.2, 0.25) is 11.0 Å². The summed E-state index contributed by atoms with van der Waals surface area (Å²) in [7, 11) is 0. The van der Waals surface area contributed by atoms with Crippen LogP contribution in [0.15, 0.2) is 104 Å². The van der Waals surface area contributed by atoms with E-state index < -0.39 is 0 Å². The first-order chi connectivity index (χ1) is 20.5. The highest BCUT2D eigenvalue weighted by atomic mass is 32.1. The highest BCUT2D eigenvalue weighted by molar-refractivity contribution is 7.10. The summed E-state index contributed by atoms with van der Waals surface area (Å²) in [5, 5.41) is 6.10. The van der Waals surface area contributed by atoms with E-state index in [-0.39, 0.29) is 17.9 Å². The fraction of sp³-hybridized carbons (Fsp3) is 0.188. The molecule has 9 nitrogen and oxygen atoms in total. The lowest BCUT2D eigenvalue weighted by atomic mass is 9.88. The minimum atomic E-state index is -0.248. The number of nitrogens with one attached hydrogen (secondary N) is 2. The molecule has 2 N–H and O–H groups in total. The molecule has 5 rings (SSSR count). The number of hydrogen-bond donors (Lipinski definition) is 2. The molecule has 0 saturated heterocycles. The summed E-state index contributed by atoms with van der Waals surface area (Å²) in [5.74, 6) is 0.499. The second-order valence-electron chi connectivity index (χ2n) is 9.71. The highest BCUT2D eigenvalue weighted by Crippen LogP contribution is 2.28. The summed E-state index contributed by atoms with van der Waals surface area (Å²) >= 11 is 1.13. The van der Waals surface area contributed by atoms with E-state index in [1.807, 2.05) is 48.5 Å². The molecule has 3 aromatic carbocycles. The van der Waals surface area contributed by atoms with E-state index in [0.29, 0.717) is 36.2 Å². The Labute approximate surface area is 248 Å². The zero-order valence-corrected chi connectivity index (χ0v) is 24.0. The molecular weight excluding hydrogens is 546 g/mol. The third-order valence-electron chi connectivity index (χ3n) is 6.74. The quantitative estimate of drug-likeness (QED) is 0.192. The van der Waals surface area contributed by atoms with E-state index in [4.69, 9.17) is 0 Å². The van der Waals surface area contributed by atoms with Crippen molar-refractivity contribution < 1.29 is 9.59 Å². The maximum absolute atomic E-state index is 13.6. The molecule has 0 radical (unpaired) electrons. The zero-order chi connectivity index (χ0) is 29.1. The zero-order valence-electron chi connectivity index (χ0n) is 23.2. The molecule has 42 heavy (non-hydrogen) atoms. The van der Waals surface area contributed by atoms with Gasteiger partial charge in [-0.1, -0.05) is 60.7 Å². The van der Waals surface area contributed by atoms with Crippen molar-refractivity contribution >= 4 is 34.3 Å². The van der Waals surface area contributed by atoms with Gasteiger partial charge in [-0.05, 0) is 41.8 Å². The summed E-state index contributed by atoms with van der Waals surface area (Å²) in [4.78, 5) is 39.8. The largest absolute Gasteiger partial charge is 0.326 e. The van der Waals surface area contributed by atoms with Crippen LogP contribution in [0.3, 0.4) is 0 Å². The average Bonchev–Trinajstić information content (AvgIpc) is 3.48. The molecule has 10 heteroatoms. The Morgan fingerprint density at radius 2 is 1.55 bits per heavy atom. The van der Waals surface area contributed by atoms with E-state index in [1.165, 1.54) is 18.1 Å². The minimum Gasteiger partial charge on any atom is -0.326 e. The SMILES string of the molecule is CC(=O)Nc1ccc(-c2nsc(NC(=O)N(CCc3cnccn3)CCC(c3ccccc3)c3ccccc3)n2)cc1. The summed E-state index contributed by atoms with van der Waals surface area (Å²) in [6.45, 7) is 2.46. The molecule has 3 amide bonds. The average molecular weight is 578 g/mol. The number of anilines is 2. The van der Waals surface area contributed by atoms with Crippen molar-refractivity contribution in [2.45, 2.75) is 25.7 Å². The number of carbonyl (C=O) groups is 2. The first kappa shape index (κ1) is 28.6. The van der Waals surface area contributed by atoms with E-state index in [1.54, 1.807) is 35.6 Å². The monoisotopic (exact) mass is 577 g/mol. The van der Waals surface area contributed by atoms with Crippen molar-refractivity contribution in [2.24, 2.45) is 0 Å². The summed E-state index contributed by atoms with van der Waals surface area (Å²) < 4.78 is 4.43. The van der Waals surface area contributed by atoms with Gasteiger partial charge in [0.15, 0.2) is 5.82 Å². The maximum Gasteiger partial charge on any atom is 0.323 e. The minimum absolute atomic E-state index is 0.132. The van der Waals surface area contributed by atoms with Gasteiger partial charge in [-0.15, -0.1) is 0 Å². The van der Waals surface area contributed by atoms with E-state index >= 15 is 0 Å². The molecule has 0 aliphatic heterocycles. The summed E-state index contributed by atoms with van der Waals surface area (Å²) in [6.07, 6.45) is 6.33. The Bertz CT molecular complexity index is 1540. The van der Waals surface area contributed by atoms with Gasteiger partial charge in [-0.2, -0.15) is 9.36 Å². The maximum atomic E-state index is 13.6. The van der Waals surface area contributed by atoms with Gasteiger partial charge in [-0.25, -0.2) is 4.79 Å². The van der Waals surface area contributed by atoms with E-state index in [9.17, 15) is 9.59 Å². The molecule has 0 unspecified atom stereocenters. The van der Waals surface area contributed by atoms with Gasteiger partial charge in [0.25, 0.3) is 0 Å². The molecule has 2 heterocycles.